The molecule has 0 aromatic heterocycles. The van der Waals surface area contributed by atoms with Crippen molar-refractivity contribution in [3.05, 3.63) is 30.3 Å². The van der Waals surface area contributed by atoms with E-state index in [2.05, 4.69) is 0 Å². The standard InChI is InChI=1S/C10H13NO3S/c1-3-11(9(2)12)15(13,14)10-7-5-4-6-8-10/h4-8H,3H2,1-2H3. The molecule has 1 amide bonds. The Morgan fingerprint density at radius 3 is 2.20 bits per heavy atom. The summed E-state index contributed by atoms with van der Waals surface area (Å²) in [6, 6.07) is 7.92. The number of hydrogen-bond acceptors (Lipinski definition) is 3. The van der Waals surface area contributed by atoms with Crippen molar-refractivity contribution < 1.29 is 13.2 Å². The van der Waals surface area contributed by atoms with E-state index in [1.165, 1.54) is 19.1 Å². The third kappa shape index (κ3) is 2.36. The highest BCUT2D eigenvalue weighted by Crippen LogP contribution is 2.14. The largest absolute Gasteiger partial charge is 0.274 e. The highest BCUT2D eigenvalue weighted by Gasteiger charge is 2.24. The van der Waals surface area contributed by atoms with E-state index in [1.807, 2.05) is 0 Å². The summed E-state index contributed by atoms with van der Waals surface area (Å²) < 4.78 is 24.7. The zero-order valence-corrected chi connectivity index (χ0v) is 9.49. The lowest BCUT2D eigenvalue weighted by molar-refractivity contribution is -0.124. The molecule has 0 bridgehead atoms. The Balaban J connectivity index is 3.19. The Kier molecular flexibility index (Phi) is 3.47. The maximum atomic E-state index is 11.9. The number of benzene rings is 1. The zero-order valence-electron chi connectivity index (χ0n) is 8.67. The summed E-state index contributed by atoms with van der Waals surface area (Å²) in [6.45, 7) is 3.01. The van der Waals surface area contributed by atoms with Crippen LogP contribution in [0, 0.1) is 0 Å². The molecule has 0 aliphatic rings. The Bertz CT molecular complexity index is 439. The lowest BCUT2D eigenvalue weighted by atomic mass is 10.4. The van der Waals surface area contributed by atoms with Crippen LogP contribution >= 0.6 is 0 Å². The molecule has 5 heteroatoms. The van der Waals surface area contributed by atoms with Gasteiger partial charge >= 0.3 is 0 Å². The third-order valence-electron chi connectivity index (χ3n) is 1.97. The molecule has 4 nitrogen and oxygen atoms in total. The van der Waals surface area contributed by atoms with Crippen LogP contribution in [0.15, 0.2) is 35.2 Å². The summed E-state index contributed by atoms with van der Waals surface area (Å²) in [5.41, 5.74) is 0. The van der Waals surface area contributed by atoms with E-state index in [9.17, 15) is 13.2 Å². The first-order valence-electron chi connectivity index (χ1n) is 4.58. The van der Waals surface area contributed by atoms with Gasteiger partial charge in [0.2, 0.25) is 5.91 Å². The first-order chi connectivity index (χ1) is 7.00. The predicted octanol–water partition coefficient (Wildman–Crippen LogP) is 1.24. The molecule has 0 saturated carbocycles. The minimum absolute atomic E-state index is 0.141. The van der Waals surface area contributed by atoms with Crippen molar-refractivity contribution in [3.63, 3.8) is 0 Å². The van der Waals surface area contributed by atoms with Crippen molar-refractivity contribution in [1.29, 1.82) is 0 Å². The van der Waals surface area contributed by atoms with Crippen LogP contribution in [0.3, 0.4) is 0 Å². The predicted molar refractivity (Wildman–Crippen MR) is 56.7 cm³/mol. The summed E-state index contributed by atoms with van der Waals surface area (Å²) in [7, 11) is -3.67. The van der Waals surface area contributed by atoms with Crippen LogP contribution in [-0.2, 0) is 14.8 Å². The van der Waals surface area contributed by atoms with Gasteiger partial charge < -0.3 is 0 Å². The van der Waals surface area contributed by atoms with Gasteiger partial charge in [-0.3, -0.25) is 4.79 Å². The molecule has 0 heterocycles. The molecule has 0 aliphatic carbocycles. The van der Waals surface area contributed by atoms with E-state index in [-0.39, 0.29) is 11.4 Å². The molecule has 0 atom stereocenters. The van der Waals surface area contributed by atoms with Gasteiger partial charge in [-0.2, -0.15) is 0 Å². The van der Waals surface area contributed by atoms with Gasteiger partial charge in [0.1, 0.15) is 0 Å². The fraction of sp³-hybridized carbons (Fsp3) is 0.300. The van der Waals surface area contributed by atoms with Crippen molar-refractivity contribution in [3.8, 4) is 0 Å². The molecule has 1 aromatic rings. The highest BCUT2D eigenvalue weighted by atomic mass is 32.2. The van der Waals surface area contributed by atoms with Crippen molar-refractivity contribution in [2.24, 2.45) is 0 Å². The summed E-state index contributed by atoms with van der Waals surface area (Å²) in [5.74, 6) is -0.471. The Hall–Kier alpha value is -1.36. The summed E-state index contributed by atoms with van der Waals surface area (Å²) in [4.78, 5) is 11.3. The second-order valence-electron chi connectivity index (χ2n) is 3.00. The topological polar surface area (TPSA) is 54.5 Å². The summed E-state index contributed by atoms with van der Waals surface area (Å²) in [5, 5.41) is 0. The molecule has 82 valence electrons. The molecule has 1 rings (SSSR count). The van der Waals surface area contributed by atoms with Crippen LogP contribution in [-0.4, -0.2) is 25.2 Å². The molecule has 15 heavy (non-hydrogen) atoms. The van der Waals surface area contributed by atoms with E-state index in [0.29, 0.717) is 0 Å². The van der Waals surface area contributed by atoms with Gasteiger partial charge in [-0.1, -0.05) is 18.2 Å². The number of carbonyl (C=O) groups excluding carboxylic acids is 1. The lowest BCUT2D eigenvalue weighted by Gasteiger charge is -2.18. The van der Waals surface area contributed by atoms with Crippen LogP contribution in [0.4, 0.5) is 0 Å². The molecular weight excluding hydrogens is 214 g/mol. The molecule has 0 N–H and O–H groups in total. The van der Waals surface area contributed by atoms with E-state index >= 15 is 0 Å². The Morgan fingerprint density at radius 1 is 1.27 bits per heavy atom. The van der Waals surface area contributed by atoms with Crippen molar-refractivity contribution >= 4 is 15.9 Å². The van der Waals surface area contributed by atoms with Crippen molar-refractivity contribution in [2.45, 2.75) is 18.7 Å². The number of amides is 1. The normalized spacial score (nSPS) is 11.1. The molecule has 0 saturated heterocycles. The minimum Gasteiger partial charge on any atom is -0.274 e. The first kappa shape index (κ1) is 11.7. The van der Waals surface area contributed by atoms with E-state index < -0.39 is 15.9 Å². The van der Waals surface area contributed by atoms with Crippen LogP contribution in [0.25, 0.3) is 0 Å². The SMILES string of the molecule is CCN(C(C)=O)S(=O)(=O)c1ccccc1. The van der Waals surface area contributed by atoms with Crippen LogP contribution in [0.1, 0.15) is 13.8 Å². The molecule has 0 unspecified atom stereocenters. The lowest BCUT2D eigenvalue weighted by Crippen LogP contribution is -2.34. The number of hydrogen-bond donors (Lipinski definition) is 0. The van der Waals surface area contributed by atoms with Crippen molar-refractivity contribution in [2.75, 3.05) is 6.54 Å². The highest BCUT2D eigenvalue weighted by molar-refractivity contribution is 7.89. The van der Waals surface area contributed by atoms with Crippen LogP contribution in [0.5, 0.6) is 0 Å². The second-order valence-corrected chi connectivity index (χ2v) is 4.86. The molecule has 0 fully saturated rings. The average molecular weight is 227 g/mol. The zero-order chi connectivity index (χ0) is 11.5. The Labute approximate surface area is 89.6 Å². The molecular formula is C10H13NO3S. The molecule has 0 spiro atoms. The van der Waals surface area contributed by atoms with E-state index in [1.54, 1.807) is 25.1 Å². The van der Waals surface area contributed by atoms with Gasteiger partial charge in [-0.05, 0) is 19.1 Å². The first-order valence-corrected chi connectivity index (χ1v) is 6.02. The maximum absolute atomic E-state index is 11.9. The molecule has 0 radical (unpaired) electrons. The molecule has 0 aliphatic heterocycles. The van der Waals surface area contributed by atoms with Gasteiger partial charge in [-0.25, -0.2) is 12.7 Å². The van der Waals surface area contributed by atoms with Gasteiger partial charge in [0, 0.05) is 13.5 Å². The summed E-state index contributed by atoms with van der Waals surface area (Å²) in [6.07, 6.45) is 0. The summed E-state index contributed by atoms with van der Waals surface area (Å²) >= 11 is 0. The number of rotatable bonds is 3. The number of nitrogens with zero attached hydrogens (tertiary/aromatic N) is 1. The van der Waals surface area contributed by atoms with E-state index in [4.69, 9.17) is 0 Å². The maximum Gasteiger partial charge on any atom is 0.266 e. The average Bonchev–Trinajstić information content (AvgIpc) is 2.19. The van der Waals surface area contributed by atoms with Crippen LogP contribution < -0.4 is 0 Å². The van der Waals surface area contributed by atoms with Crippen LogP contribution in [0.2, 0.25) is 0 Å². The third-order valence-corrected chi connectivity index (χ3v) is 3.93. The smallest absolute Gasteiger partial charge is 0.266 e. The van der Waals surface area contributed by atoms with Gasteiger partial charge in [0.25, 0.3) is 10.0 Å². The molecule has 1 aromatic carbocycles. The van der Waals surface area contributed by atoms with Crippen molar-refractivity contribution in [1.82, 2.24) is 4.31 Å². The number of carbonyl (C=O) groups is 1. The monoisotopic (exact) mass is 227 g/mol. The quantitative estimate of drug-likeness (QED) is 0.780. The fourth-order valence-corrected chi connectivity index (χ4v) is 2.72. The second kappa shape index (κ2) is 4.44. The minimum atomic E-state index is -3.67. The fourth-order valence-electron chi connectivity index (χ4n) is 1.28. The Morgan fingerprint density at radius 2 is 1.80 bits per heavy atom. The van der Waals surface area contributed by atoms with E-state index in [0.717, 1.165) is 4.31 Å². The van der Waals surface area contributed by atoms with Gasteiger partial charge in [0.15, 0.2) is 0 Å². The number of sulfonamides is 1. The van der Waals surface area contributed by atoms with Gasteiger partial charge in [-0.15, -0.1) is 0 Å². The van der Waals surface area contributed by atoms with Gasteiger partial charge in [0.05, 0.1) is 4.90 Å².